The molecule has 5 N–H and O–H groups in total. The fourth-order valence-electron chi connectivity index (χ4n) is 4.55. The van der Waals surface area contributed by atoms with Crippen molar-refractivity contribution in [2.75, 3.05) is 14.2 Å². The Labute approximate surface area is 199 Å². The van der Waals surface area contributed by atoms with Gasteiger partial charge in [0.05, 0.1) is 20.3 Å². The van der Waals surface area contributed by atoms with Crippen molar-refractivity contribution in [1.82, 2.24) is 15.6 Å². The third-order valence-corrected chi connectivity index (χ3v) is 6.48. The van der Waals surface area contributed by atoms with Crippen LogP contribution in [0.3, 0.4) is 0 Å². The van der Waals surface area contributed by atoms with E-state index >= 15 is 0 Å². The number of hydrogen-bond acceptors (Lipinski definition) is 5. The molecule has 34 heavy (non-hydrogen) atoms. The number of aryl methyl sites for hydroxylation is 1. The molecule has 0 bridgehead atoms. The third-order valence-electron chi connectivity index (χ3n) is 6.48. The number of amides is 2. The van der Waals surface area contributed by atoms with E-state index in [0.717, 1.165) is 34.9 Å². The van der Waals surface area contributed by atoms with E-state index in [1.807, 2.05) is 42.6 Å². The molecule has 3 aromatic rings. The molecule has 2 aromatic carbocycles. The summed E-state index contributed by atoms with van der Waals surface area (Å²) in [5, 5.41) is 6.87. The second-order valence-corrected chi connectivity index (χ2v) is 8.82. The highest BCUT2D eigenvalue weighted by Crippen LogP contribution is 2.34. The maximum atomic E-state index is 12.8. The van der Waals surface area contributed by atoms with Crippen molar-refractivity contribution in [2.24, 2.45) is 5.73 Å². The molecule has 180 valence electrons. The summed E-state index contributed by atoms with van der Waals surface area (Å²) in [6.45, 7) is 1.68. The Hall–Kier alpha value is -3.52. The zero-order chi connectivity index (χ0) is 24.2. The minimum Gasteiger partial charge on any atom is -0.493 e. The van der Waals surface area contributed by atoms with E-state index in [1.54, 1.807) is 21.1 Å². The maximum absolute atomic E-state index is 12.8. The lowest BCUT2D eigenvalue weighted by molar-refractivity contribution is -0.129. The molecule has 8 heteroatoms. The lowest BCUT2D eigenvalue weighted by Crippen LogP contribution is -2.53. The molecule has 1 aliphatic rings. The average molecular weight is 465 g/mol. The standard InChI is InChI=1S/C26H32N4O4/c1-15(29-26(32)21(27)11-18-14-28-22-7-5-4-6-20(18)22)25(31)30-19-9-8-16-12-23(33-2)24(34-3)13-17(16)10-19/h4-7,12-15,19,21,28H,8-11,27H2,1-3H3,(H,29,32)(H,30,31)/t15-,19?,21-/m0/s1. The molecule has 0 saturated heterocycles. The van der Waals surface area contributed by atoms with Crippen LogP contribution in [0.15, 0.2) is 42.6 Å². The number of aromatic nitrogens is 1. The molecule has 0 aliphatic heterocycles. The van der Waals surface area contributed by atoms with Gasteiger partial charge in [0.25, 0.3) is 0 Å². The Bertz CT molecular complexity index is 1190. The molecule has 4 rings (SSSR count). The molecule has 2 amide bonds. The quantitative estimate of drug-likeness (QED) is 0.408. The van der Waals surface area contributed by atoms with Crippen LogP contribution in [0.2, 0.25) is 0 Å². The van der Waals surface area contributed by atoms with Crippen LogP contribution >= 0.6 is 0 Å². The summed E-state index contributed by atoms with van der Waals surface area (Å²) in [6.07, 6.45) is 4.60. The van der Waals surface area contributed by atoms with Gasteiger partial charge in [-0.25, -0.2) is 0 Å². The normalized spacial score (nSPS) is 16.9. The average Bonchev–Trinajstić information content (AvgIpc) is 3.25. The SMILES string of the molecule is COc1cc2c(cc1OC)CC(NC(=O)[C@H](C)NC(=O)[C@@H](N)Cc1c[nH]c3ccccc13)CC2. The van der Waals surface area contributed by atoms with E-state index < -0.39 is 12.1 Å². The molecule has 1 unspecified atom stereocenters. The first kappa shape index (κ1) is 23.6. The number of benzene rings is 2. The number of hydrogen-bond donors (Lipinski definition) is 4. The fourth-order valence-corrected chi connectivity index (χ4v) is 4.55. The summed E-state index contributed by atoms with van der Waals surface area (Å²) < 4.78 is 10.8. The van der Waals surface area contributed by atoms with Gasteiger partial charge in [0.2, 0.25) is 11.8 Å². The van der Waals surface area contributed by atoms with Gasteiger partial charge in [-0.1, -0.05) is 18.2 Å². The highest BCUT2D eigenvalue weighted by atomic mass is 16.5. The van der Waals surface area contributed by atoms with Crippen LogP contribution in [0.4, 0.5) is 0 Å². The topological polar surface area (TPSA) is 118 Å². The van der Waals surface area contributed by atoms with Gasteiger partial charge in [-0.2, -0.15) is 0 Å². The summed E-state index contributed by atoms with van der Waals surface area (Å²) in [6, 6.07) is 10.4. The first-order valence-corrected chi connectivity index (χ1v) is 11.5. The number of methoxy groups -OCH3 is 2. The second kappa shape index (κ2) is 10.2. The van der Waals surface area contributed by atoms with Gasteiger partial charge in [0, 0.05) is 23.1 Å². The molecule has 1 aromatic heterocycles. The molecular formula is C26H32N4O4. The second-order valence-electron chi connectivity index (χ2n) is 8.82. The number of rotatable bonds is 8. The van der Waals surface area contributed by atoms with E-state index in [9.17, 15) is 9.59 Å². The zero-order valence-electron chi connectivity index (χ0n) is 19.8. The number of aromatic amines is 1. The van der Waals surface area contributed by atoms with Crippen LogP contribution in [0.1, 0.15) is 30.0 Å². The molecule has 3 atom stereocenters. The first-order valence-electron chi connectivity index (χ1n) is 11.5. The Balaban J connectivity index is 1.32. The van der Waals surface area contributed by atoms with Gasteiger partial charge in [0.15, 0.2) is 11.5 Å². The van der Waals surface area contributed by atoms with Crippen LogP contribution in [-0.2, 0) is 28.9 Å². The van der Waals surface area contributed by atoms with Crippen LogP contribution in [0, 0.1) is 0 Å². The molecule has 0 radical (unpaired) electrons. The summed E-state index contributed by atoms with van der Waals surface area (Å²) in [5.41, 5.74) is 10.5. The Morgan fingerprint density at radius 2 is 1.82 bits per heavy atom. The van der Waals surface area contributed by atoms with Crippen LogP contribution in [0.25, 0.3) is 10.9 Å². The largest absolute Gasteiger partial charge is 0.493 e. The van der Waals surface area contributed by atoms with Gasteiger partial charge < -0.3 is 30.8 Å². The van der Waals surface area contributed by atoms with Crippen molar-refractivity contribution >= 4 is 22.7 Å². The number of carbonyl (C=O) groups excluding carboxylic acids is 2. The number of fused-ring (bicyclic) bond motifs is 2. The van der Waals surface area contributed by atoms with Crippen molar-refractivity contribution in [3.8, 4) is 11.5 Å². The molecule has 0 saturated carbocycles. The van der Waals surface area contributed by atoms with E-state index in [0.29, 0.717) is 24.3 Å². The maximum Gasteiger partial charge on any atom is 0.242 e. The number of H-pyrrole nitrogens is 1. The van der Waals surface area contributed by atoms with Crippen LogP contribution < -0.4 is 25.8 Å². The third kappa shape index (κ3) is 5.02. The lowest BCUT2D eigenvalue weighted by Gasteiger charge is -2.28. The lowest BCUT2D eigenvalue weighted by atomic mass is 9.87. The number of nitrogens with two attached hydrogens (primary N) is 1. The van der Waals surface area contributed by atoms with Crippen molar-refractivity contribution in [3.63, 3.8) is 0 Å². The Kier molecular flexibility index (Phi) is 7.07. The number of nitrogens with one attached hydrogen (secondary N) is 3. The Morgan fingerprint density at radius 1 is 1.12 bits per heavy atom. The van der Waals surface area contributed by atoms with E-state index in [4.69, 9.17) is 15.2 Å². The monoisotopic (exact) mass is 464 g/mol. The van der Waals surface area contributed by atoms with E-state index in [-0.39, 0.29) is 17.9 Å². The van der Waals surface area contributed by atoms with E-state index in [1.165, 1.54) is 5.56 Å². The minimum absolute atomic E-state index is 0.0163. The first-order chi connectivity index (χ1) is 16.4. The van der Waals surface area contributed by atoms with Gasteiger partial charge in [-0.3, -0.25) is 9.59 Å². The van der Waals surface area contributed by atoms with Gasteiger partial charge in [0.1, 0.15) is 6.04 Å². The van der Waals surface area contributed by atoms with Crippen LogP contribution in [0.5, 0.6) is 11.5 Å². The molecule has 0 spiro atoms. The van der Waals surface area contributed by atoms with Crippen molar-refractivity contribution in [2.45, 2.75) is 50.7 Å². The van der Waals surface area contributed by atoms with Gasteiger partial charge in [-0.15, -0.1) is 0 Å². The van der Waals surface area contributed by atoms with Crippen molar-refractivity contribution in [1.29, 1.82) is 0 Å². The molecule has 1 heterocycles. The smallest absolute Gasteiger partial charge is 0.242 e. The zero-order valence-corrected chi connectivity index (χ0v) is 19.8. The molecular weight excluding hydrogens is 432 g/mol. The summed E-state index contributed by atoms with van der Waals surface area (Å²) in [4.78, 5) is 28.6. The predicted molar refractivity (Wildman–Crippen MR) is 131 cm³/mol. The van der Waals surface area contributed by atoms with Gasteiger partial charge >= 0.3 is 0 Å². The summed E-state index contributed by atoms with van der Waals surface area (Å²) in [5.74, 6) is 0.822. The summed E-state index contributed by atoms with van der Waals surface area (Å²) in [7, 11) is 3.23. The summed E-state index contributed by atoms with van der Waals surface area (Å²) >= 11 is 0. The molecule has 8 nitrogen and oxygen atoms in total. The van der Waals surface area contributed by atoms with E-state index in [2.05, 4.69) is 15.6 Å². The molecule has 0 fully saturated rings. The molecule has 1 aliphatic carbocycles. The van der Waals surface area contributed by atoms with Crippen molar-refractivity contribution < 1.29 is 19.1 Å². The highest BCUT2D eigenvalue weighted by molar-refractivity contribution is 5.90. The fraction of sp³-hybridized carbons (Fsp3) is 0.385. The number of para-hydroxylation sites is 1. The van der Waals surface area contributed by atoms with Gasteiger partial charge in [-0.05, 0) is 67.5 Å². The highest BCUT2D eigenvalue weighted by Gasteiger charge is 2.26. The van der Waals surface area contributed by atoms with Crippen molar-refractivity contribution in [3.05, 3.63) is 59.3 Å². The number of ether oxygens (including phenoxy) is 2. The Morgan fingerprint density at radius 3 is 2.56 bits per heavy atom. The minimum atomic E-state index is -0.751. The van der Waals surface area contributed by atoms with Crippen LogP contribution in [-0.4, -0.2) is 49.1 Å². The predicted octanol–water partition coefficient (Wildman–Crippen LogP) is 2.23. The number of carbonyl (C=O) groups is 2.